The maximum atomic E-state index is 14.0. The van der Waals surface area contributed by atoms with Crippen LogP contribution in [0, 0.1) is 0 Å². The number of anilines is 1. The summed E-state index contributed by atoms with van der Waals surface area (Å²) in [6.45, 7) is 8.61. The molecule has 2 amide bonds. The Bertz CT molecular complexity index is 1570. The maximum absolute atomic E-state index is 14.0. The average molecular weight is 608 g/mol. The zero-order chi connectivity index (χ0) is 29.0. The van der Waals surface area contributed by atoms with Crippen molar-refractivity contribution in [2.24, 2.45) is 0 Å². The molecule has 4 rings (SSSR count). The number of hydrogen-bond acceptors (Lipinski definition) is 5. The van der Waals surface area contributed by atoms with E-state index in [9.17, 15) is 9.59 Å². The summed E-state index contributed by atoms with van der Waals surface area (Å²) in [4.78, 5) is 34.3. The molecule has 1 atom stereocenters. The lowest BCUT2D eigenvalue weighted by Gasteiger charge is -2.30. The van der Waals surface area contributed by atoms with E-state index in [2.05, 4.69) is 35.1 Å². The van der Waals surface area contributed by atoms with Crippen molar-refractivity contribution in [1.82, 2.24) is 14.5 Å². The van der Waals surface area contributed by atoms with Crippen LogP contribution in [0.3, 0.4) is 0 Å². The number of aromatic nitrogens is 2. The number of para-hydroxylation sites is 1. The Hall–Kier alpha value is -3.85. The molecule has 3 aromatic carbocycles. The quantitative estimate of drug-likeness (QED) is 0.216. The van der Waals surface area contributed by atoms with Crippen molar-refractivity contribution in [3.05, 3.63) is 86.9 Å². The second kappa shape index (κ2) is 12.6. The van der Waals surface area contributed by atoms with Crippen LogP contribution in [0.25, 0.3) is 16.6 Å². The van der Waals surface area contributed by atoms with Gasteiger partial charge >= 0.3 is 6.03 Å². The minimum atomic E-state index is -0.559. The zero-order valence-electron chi connectivity index (χ0n) is 23.7. The molecule has 4 aromatic rings. The number of hydrogen-bond donors (Lipinski definition) is 1. The van der Waals surface area contributed by atoms with Gasteiger partial charge in [0.1, 0.15) is 17.3 Å². The molecule has 9 heteroatoms. The number of halogens is 1. The number of carbonyl (C=O) groups excluding carboxylic acids is 1. The smallest absolute Gasteiger partial charge is 0.322 e. The molecule has 1 aromatic heterocycles. The Kier molecular flexibility index (Phi) is 9.14. The molecule has 0 bridgehead atoms. The molecule has 40 heavy (non-hydrogen) atoms. The van der Waals surface area contributed by atoms with Crippen LogP contribution < -0.4 is 20.3 Å². The van der Waals surface area contributed by atoms with E-state index >= 15 is 0 Å². The first-order chi connectivity index (χ1) is 19.2. The third-order valence-electron chi connectivity index (χ3n) is 6.89. The van der Waals surface area contributed by atoms with Gasteiger partial charge in [0.05, 0.1) is 41.3 Å². The fraction of sp³-hybridized carbons (Fsp3) is 0.323. The van der Waals surface area contributed by atoms with E-state index in [0.717, 1.165) is 6.42 Å². The number of urea groups is 1. The molecule has 210 valence electrons. The monoisotopic (exact) mass is 606 g/mol. The van der Waals surface area contributed by atoms with Crippen LogP contribution in [0.5, 0.6) is 11.5 Å². The summed E-state index contributed by atoms with van der Waals surface area (Å²) in [6.07, 6.45) is 0.721. The summed E-state index contributed by atoms with van der Waals surface area (Å²) in [5.41, 5.74) is 2.69. The Morgan fingerprint density at radius 2 is 1.75 bits per heavy atom. The molecule has 0 aliphatic heterocycles. The molecular weight excluding hydrogens is 572 g/mol. The number of fused-ring (bicyclic) bond motifs is 1. The molecule has 1 N–H and O–H groups in total. The summed E-state index contributed by atoms with van der Waals surface area (Å²) >= 11 is 3.62. The van der Waals surface area contributed by atoms with E-state index in [1.165, 1.54) is 10.1 Å². The number of carbonyl (C=O) groups is 1. The fourth-order valence-electron chi connectivity index (χ4n) is 4.65. The first-order valence-corrected chi connectivity index (χ1v) is 14.1. The molecular formula is C31H35BrN4O4. The summed E-state index contributed by atoms with van der Waals surface area (Å²) in [5, 5.41) is 3.49. The summed E-state index contributed by atoms with van der Waals surface area (Å²) in [7, 11) is 3.10. The predicted octanol–water partition coefficient (Wildman–Crippen LogP) is 7.29. The highest BCUT2D eigenvalue weighted by Crippen LogP contribution is 2.37. The van der Waals surface area contributed by atoms with Crippen LogP contribution in [-0.4, -0.2) is 41.2 Å². The van der Waals surface area contributed by atoms with Gasteiger partial charge in [0.2, 0.25) is 0 Å². The van der Waals surface area contributed by atoms with Crippen molar-refractivity contribution in [2.45, 2.75) is 46.1 Å². The molecule has 1 unspecified atom stereocenters. The average Bonchev–Trinajstić information content (AvgIpc) is 2.96. The van der Waals surface area contributed by atoms with Crippen molar-refractivity contribution in [1.29, 1.82) is 0 Å². The van der Waals surface area contributed by atoms with Gasteiger partial charge in [-0.1, -0.05) is 45.0 Å². The highest BCUT2D eigenvalue weighted by Gasteiger charge is 2.28. The van der Waals surface area contributed by atoms with Gasteiger partial charge in [-0.05, 0) is 65.0 Å². The Morgan fingerprint density at radius 3 is 2.38 bits per heavy atom. The molecule has 0 aliphatic carbocycles. The van der Waals surface area contributed by atoms with Gasteiger partial charge in [0, 0.05) is 24.4 Å². The van der Waals surface area contributed by atoms with Gasteiger partial charge < -0.3 is 19.7 Å². The van der Waals surface area contributed by atoms with Crippen molar-refractivity contribution in [2.75, 3.05) is 26.1 Å². The van der Waals surface area contributed by atoms with Crippen LogP contribution in [0.15, 0.2) is 69.9 Å². The topological polar surface area (TPSA) is 85.7 Å². The molecule has 8 nitrogen and oxygen atoms in total. The predicted molar refractivity (Wildman–Crippen MR) is 163 cm³/mol. The number of benzene rings is 3. The number of ether oxygens (including phenoxy) is 2. The van der Waals surface area contributed by atoms with E-state index in [-0.39, 0.29) is 11.6 Å². The lowest BCUT2D eigenvalue weighted by atomic mass is 10.0. The van der Waals surface area contributed by atoms with Gasteiger partial charge in [0.15, 0.2) is 0 Å². The molecule has 1 heterocycles. The fourth-order valence-corrected chi connectivity index (χ4v) is 5.22. The third kappa shape index (κ3) is 5.84. The van der Waals surface area contributed by atoms with E-state index < -0.39 is 6.04 Å². The first-order valence-electron chi connectivity index (χ1n) is 13.3. The molecule has 0 aliphatic rings. The Labute approximate surface area is 243 Å². The van der Waals surface area contributed by atoms with Crippen LogP contribution in [0.1, 0.15) is 57.5 Å². The molecule has 0 spiro atoms. The molecule has 0 saturated carbocycles. The zero-order valence-corrected chi connectivity index (χ0v) is 25.3. The van der Waals surface area contributed by atoms with Gasteiger partial charge in [-0.25, -0.2) is 9.78 Å². The van der Waals surface area contributed by atoms with Gasteiger partial charge in [0.25, 0.3) is 5.56 Å². The summed E-state index contributed by atoms with van der Waals surface area (Å²) in [5.74, 6) is 1.83. The maximum Gasteiger partial charge on any atom is 0.322 e. The second-order valence-electron chi connectivity index (χ2n) is 9.87. The third-order valence-corrected chi connectivity index (χ3v) is 7.68. The van der Waals surface area contributed by atoms with E-state index in [0.29, 0.717) is 56.5 Å². The van der Waals surface area contributed by atoms with Crippen molar-refractivity contribution < 1.29 is 14.3 Å². The standard InChI is InChI=1S/C31H35BrN4O4/c1-7-16-35(31(38)33-22-14-12-21(13-15-22)19(2)3)20(4)29-34-25-11-9-8-10-24(25)30(37)36(29)26-17-23(39-5)18-27(40-6)28(26)32/h8-15,17-20H,7,16H2,1-6H3,(H,33,38). The normalized spacial score (nSPS) is 11.9. The number of nitrogens with zero attached hydrogens (tertiary/aromatic N) is 3. The van der Waals surface area contributed by atoms with Gasteiger partial charge in [-0.3, -0.25) is 9.36 Å². The van der Waals surface area contributed by atoms with Crippen molar-refractivity contribution in [3.8, 4) is 17.2 Å². The SMILES string of the molecule is CCCN(C(=O)Nc1ccc(C(C)C)cc1)C(C)c1nc2ccccc2c(=O)n1-c1cc(OC)cc(OC)c1Br. The van der Waals surface area contributed by atoms with E-state index in [1.807, 2.05) is 44.2 Å². The largest absolute Gasteiger partial charge is 0.497 e. The van der Waals surface area contributed by atoms with Gasteiger partial charge in [-0.2, -0.15) is 0 Å². The van der Waals surface area contributed by atoms with E-state index in [4.69, 9.17) is 14.5 Å². The van der Waals surface area contributed by atoms with Crippen molar-refractivity contribution in [3.63, 3.8) is 0 Å². The minimum Gasteiger partial charge on any atom is -0.497 e. The van der Waals surface area contributed by atoms with Gasteiger partial charge in [-0.15, -0.1) is 0 Å². The number of amides is 2. The highest BCUT2D eigenvalue weighted by atomic mass is 79.9. The van der Waals surface area contributed by atoms with Crippen LogP contribution in [0.2, 0.25) is 0 Å². The highest BCUT2D eigenvalue weighted by molar-refractivity contribution is 9.10. The minimum absolute atomic E-state index is 0.260. The van der Waals surface area contributed by atoms with Crippen LogP contribution in [0.4, 0.5) is 10.5 Å². The number of rotatable bonds is 9. The Morgan fingerprint density at radius 1 is 1.05 bits per heavy atom. The molecule has 0 fully saturated rings. The Balaban J connectivity index is 1.86. The molecule has 0 radical (unpaired) electrons. The molecule has 0 saturated heterocycles. The summed E-state index contributed by atoms with van der Waals surface area (Å²) < 4.78 is 13.2. The van der Waals surface area contributed by atoms with Crippen molar-refractivity contribution >= 4 is 38.6 Å². The first kappa shape index (κ1) is 29.1. The van der Waals surface area contributed by atoms with Crippen LogP contribution in [-0.2, 0) is 0 Å². The summed E-state index contributed by atoms with van der Waals surface area (Å²) in [6, 6.07) is 17.7. The van der Waals surface area contributed by atoms with E-state index in [1.54, 1.807) is 49.5 Å². The van der Waals surface area contributed by atoms with Crippen LogP contribution >= 0.6 is 15.9 Å². The number of methoxy groups -OCH3 is 2. The number of nitrogens with one attached hydrogen (secondary N) is 1. The lowest BCUT2D eigenvalue weighted by Crippen LogP contribution is -2.40. The lowest BCUT2D eigenvalue weighted by molar-refractivity contribution is 0.189. The second-order valence-corrected chi connectivity index (χ2v) is 10.7.